The first-order valence-corrected chi connectivity index (χ1v) is 13.0. The normalized spacial score (nSPS) is 22.5. The number of morpholine rings is 1. The summed E-state index contributed by atoms with van der Waals surface area (Å²) in [6, 6.07) is 9.86. The van der Waals surface area contributed by atoms with Crippen LogP contribution in [0.5, 0.6) is 0 Å². The van der Waals surface area contributed by atoms with Gasteiger partial charge in [-0.3, -0.25) is 14.6 Å². The molecule has 1 unspecified atom stereocenters. The van der Waals surface area contributed by atoms with Crippen LogP contribution in [-0.2, 0) is 9.53 Å². The molecule has 3 fully saturated rings. The Morgan fingerprint density at radius 2 is 2.03 bits per heavy atom. The zero-order valence-corrected chi connectivity index (χ0v) is 21.1. The summed E-state index contributed by atoms with van der Waals surface area (Å²) in [5.41, 5.74) is 2.34. The second-order valence-electron chi connectivity index (χ2n) is 10.2. The molecule has 10 heteroatoms. The highest BCUT2D eigenvalue weighted by atomic mass is 19.1. The molecule has 1 aromatic carbocycles. The zero-order chi connectivity index (χ0) is 26.2. The number of ether oxygens (including phenoxy) is 1. The first-order chi connectivity index (χ1) is 18.4. The number of rotatable bonds is 5. The van der Waals surface area contributed by atoms with Gasteiger partial charge >= 0.3 is 0 Å². The number of carbonyl (C=O) groups excluding carboxylic acids is 2. The van der Waals surface area contributed by atoms with Crippen LogP contribution in [0.4, 0.5) is 15.9 Å². The molecule has 0 saturated carbocycles. The quantitative estimate of drug-likeness (QED) is 0.551. The van der Waals surface area contributed by atoms with Crippen molar-refractivity contribution < 1.29 is 18.7 Å². The third-order valence-corrected chi connectivity index (χ3v) is 7.51. The molecule has 38 heavy (non-hydrogen) atoms. The lowest BCUT2D eigenvalue weighted by Gasteiger charge is -2.31. The summed E-state index contributed by atoms with van der Waals surface area (Å²) < 4.78 is 19.5. The third-order valence-electron chi connectivity index (χ3n) is 7.51. The highest BCUT2D eigenvalue weighted by Gasteiger charge is 2.41. The minimum atomic E-state index is -0.356. The van der Waals surface area contributed by atoms with Gasteiger partial charge in [0.25, 0.3) is 5.91 Å². The van der Waals surface area contributed by atoms with E-state index in [9.17, 15) is 14.0 Å². The zero-order valence-electron chi connectivity index (χ0n) is 21.1. The number of hydrogen-bond acceptors (Lipinski definition) is 7. The fraction of sp³-hybridized carbons (Fsp3) is 0.393. The van der Waals surface area contributed by atoms with Crippen LogP contribution in [-0.4, -0.2) is 75.0 Å². The lowest BCUT2D eigenvalue weighted by molar-refractivity contribution is -0.130. The van der Waals surface area contributed by atoms with Crippen molar-refractivity contribution in [3.63, 3.8) is 0 Å². The number of halogens is 1. The number of amides is 2. The molecule has 2 aromatic heterocycles. The highest BCUT2D eigenvalue weighted by Crippen LogP contribution is 2.32. The molecular weight excluding hydrogens is 487 g/mol. The molecule has 9 nitrogen and oxygen atoms in total. The van der Waals surface area contributed by atoms with Gasteiger partial charge in [-0.2, -0.15) is 0 Å². The number of piperidine rings is 1. The van der Waals surface area contributed by atoms with Gasteiger partial charge in [0.05, 0.1) is 30.0 Å². The van der Waals surface area contributed by atoms with Crippen molar-refractivity contribution in [2.75, 3.05) is 31.6 Å². The van der Waals surface area contributed by atoms with E-state index in [1.165, 1.54) is 12.1 Å². The Hall–Kier alpha value is -3.92. The Morgan fingerprint density at radius 3 is 2.79 bits per heavy atom. The van der Waals surface area contributed by atoms with Crippen molar-refractivity contribution in [3.05, 3.63) is 66.0 Å². The molecule has 3 saturated heterocycles. The second-order valence-corrected chi connectivity index (χ2v) is 10.2. The molecule has 3 aromatic rings. The molecule has 0 spiro atoms. The van der Waals surface area contributed by atoms with Crippen molar-refractivity contribution >= 4 is 23.3 Å². The number of nitrogens with one attached hydrogen (secondary N) is 1. The van der Waals surface area contributed by atoms with E-state index < -0.39 is 0 Å². The third kappa shape index (κ3) is 4.96. The smallest absolute Gasteiger partial charge is 0.255 e. The average molecular weight is 517 g/mol. The van der Waals surface area contributed by atoms with Gasteiger partial charge in [0.1, 0.15) is 17.5 Å². The monoisotopic (exact) mass is 516 g/mol. The second kappa shape index (κ2) is 10.1. The molecule has 6 rings (SSSR count). The fourth-order valence-corrected chi connectivity index (χ4v) is 5.56. The van der Waals surface area contributed by atoms with Crippen LogP contribution in [0.2, 0.25) is 0 Å². The molecule has 3 atom stereocenters. The van der Waals surface area contributed by atoms with Gasteiger partial charge in [-0.25, -0.2) is 14.4 Å². The lowest BCUT2D eigenvalue weighted by Crippen LogP contribution is -2.41. The van der Waals surface area contributed by atoms with E-state index in [4.69, 9.17) is 14.7 Å². The number of pyridine rings is 1. The first kappa shape index (κ1) is 24.4. The van der Waals surface area contributed by atoms with Gasteiger partial charge in [-0.1, -0.05) is 6.07 Å². The summed E-state index contributed by atoms with van der Waals surface area (Å²) in [6.07, 6.45) is 5.96. The Labute approximate surface area is 220 Å². The van der Waals surface area contributed by atoms with Crippen LogP contribution in [0, 0.1) is 5.82 Å². The van der Waals surface area contributed by atoms with Crippen LogP contribution < -0.4 is 5.32 Å². The predicted octanol–water partition coefficient (Wildman–Crippen LogP) is 3.76. The average Bonchev–Trinajstić information content (AvgIpc) is 3.57. The summed E-state index contributed by atoms with van der Waals surface area (Å²) in [6.45, 7) is 4.00. The Balaban J connectivity index is 1.34. The van der Waals surface area contributed by atoms with Gasteiger partial charge < -0.3 is 19.9 Å². The molecule has 0 radical (unpaired) electrons. The lowest BCUT2D eigenvalue weighted by atomic mass is 9.96. The maximum atomic E-state index is 13.8. The number of fused-ring (bicyclic) bond motifs is 2. The standard InChI is InChI=1S/C28H29FN6O3/c1-17(36)34-7-3-4-18(14-34)27-32-25(11-26(33-27)31-22-6-2-5-21(29)9-22)19-8-20(13-30-12-19)28(37)35-15-24-10-23(35)16-38-24/h2,5-6,8-9,11-13,18,23-24H,3-4,7,10,14-16H2,1H3,(H,31,32,33)/t18?,23-,24-/m0/s1. The van der Waals surface area contributed by atoms with Gasteiger partial charge in [0.2, 0.25) is 5.91 Å². The highest BCUT2D eigenvalue weighted by molar-refractivity contribution is 5.95. The number of benzene rings is 1. The largest absolute Gasteiger partial charge is 0.374 e. The van der Waals surface area contributed by atoms with E-state index >= 15 is 0 Å². The van der Waals surface area contributed by atoms with E-state index in [0.29, 0.717) is 53.8 Å². The summed E-state index contributed by atoms with van der Waals surface area (Å²) in [5, 5.41) is 3.19. The van der Waals surface area contributed by atoms with E-state index in [0.717, 1.165) is 25.8 Å². The van der Waals surface area contributed by atoms with Gasteiger partial charge in [0, 0.05) is 62.2 Å². The molecule has 196 valence electrons. The van der Waals surface area contributed by atoms with E-state index in [1.807, 2.05) is 15.9 Å². The van der Waals surface area contributed by atoms with Crippen molar-refractivity contribution in [1.29, 1.82) is 0 Å². The Kier molecular flexibility index (Phi) is 6.49. The Morgan fingerprint density at radius 1 is 1.13 bits per heavy atom. The van der Waals surface area contributed by atoms with Gasteiger partial charge in [-0.05, 0) is 43.5 Å². The van der Waals surface area contributed by atoms with Gasteiger partial charge in [-0.15, -0.1) is 0 Å². The molecular formula is C28H29FN6O3. The number of anilines is 2. The van der Waals surface area contributed by atoms with Gasteiger partial charge in [0.15, 0.2) is 0 Å². The number of aromatic nitrogens is 3. The van der Waals surface area contributed by atoms with Crippen molar-refractivity contribution in [1.82, 2.24) is 24.8 Å². The SMILES string of the molecule is CC(=O)N1CCCC(c2nc(Nc3cccc(F)c3)cc(-c3cncc(C(=O)N4C[C@@H]5C[C@H]4CO5)c3)n2)C1. The van der Waals surface area contributed by atoms with E-state index in [2.05, 4.69) is 10.3 Å². The summed E-state index contributed by atoms with van der Waals surface area (Å²) in [5.74, 6) is 0.663. The summed E-state index contributed by atoms with van der Waals surface area (Å²) in [7, 11) is 0. The van der Waals surface area contributed by atoms with E-state index in [1.54, 1.807) is 37.5 Å². The summed E-state index contributed by atoms with van der Waals surface area (Å²) in [4.78, 5) is 43.0. The van der Waals surface area contributed by atoms with Crippen molar-refractivity contribution in [2.24, 2.45) is 0 Å². The molecule has 0 aliphatic carbocycles. The topological polar surface area (TPSA) is 101 Å². The molecule has 2 bridgehead atoms. The predicted molar refractivity (Wildman–Crippen MR) is 138 cm³/mol. The Bertz CT molecular complexity index is 1380. The number of hydrogen-bond donors (Lipinski definition) is 1. The molecule has 3 aliphatic heterocycles. The first-order valence-electron chi connectivity index (χ1n) is 13.0. The van der Waals surface area contributed by atoms with Crippen LogP contribution >= 0.6 is 0 Å². The summed E-state index contributed by atoms with van der Waals surface area (Å²) >= 11 is 0. The molecule has 1 N–H and O–H groups in total. The number of nitrogens with zero attached hydrogens (tertiary/aromatic N) is 5. The molecule has 5 heterocycles. The van der Waals surface area contributed by atoms with Crippen LogP contribution in [0.3, 0.4) is 0 Å². The minimum Gasteiger partial charge on any atom is -0.374 e. The minimum absolute atomic E-state index is 0.0281. The number of likely N-dealkylation sites (tertiary alicyclic amines) is 2. The van der Waals surface area contributed by atoms with Crippen molar-refractivity contribution in [3.8, 4) is 11.3 Å². The van der Waals surface area contributed by atoms with Crippen LogP contribution in [0.1, 0.15) is 48.3 Å². The van der Waals surface area contributed by atoms with E-state index in [-0.39, 0.29) is 35.7 Å². The maximum Gasteiger partial charge on any atom is 0.255 e. The maximum absolute atomic E-state index is 13.8. The van der Waals surface area contributed by atoms with Crippen LogP contribution in [0.15, 0.2) is 48.8 Å². The molecule has 3 aliphatic rings. The van der Waals surface area contributed by atoms with Crippen LogP contribution in [0.25, 0.3) is 11.3 Å². The molecule has 2 amide bonds. The number of carbonyl (C=O) groups is 2. The van der Waals surface area contributed by atoms with Crippen molar-refractivity contribution in [2.45, 2.75) is 44.2 Å². The fourth-order valence-electron chi connectivity index (χ4n) is 5.56.